The molecular formula is C18H16F3N3O5. The quantitative estimate of drug-likeness (QED) is 0.472. The van der Waals surface area contributed by atoms with Gasteiger partial charge in [-0.3, -0.25) is 19.7 Å². The topological polar surface area (TPSA) is 136 Å². The third kappa shape index (κ3) is 5.75. The van der Waals surface area contributed by atoms with Gasteiger partial charge in [-0.2, -0.15) is 13.2 Å². The molecule has 0 aliphatic rings. The van der Waals surface area contributed by atoms with Gasteiger partial charge in [-0.05, 0) is 23.3 Å². The van der Waals surface area contributed by atoms with Crippen molar-refractivity contribution in [1.82, 2.24) is 5.32 Å². The van der Waals surface area contributed by atoms with E-state index in [2.05, 4.69) is 5.32 Å². The maximum atomic E-state index is 12.6. The standard InChI is InChI=1S/C18H16F3N3O5/c19-18(20,21)12-5-3-11(4-6-12)15(25)17(27)23-14(16(22)26)9-10-1-7-13(8-2-10)24(28)29/h1-8,14-15,25H,9H2,(H2,22,26)(H,23,27)/t14-,15-/m0/s1. The van der Waals surface area contributed by atoms with E-state index < -0.39 is 40.6 Å². The fraction of sp³-hybridized carbons (Fsp3) is 0.222. The number of nitrogens with two attached hydrogens (primary N) is 1. The van der Waals surface area contributed by atoms with Crippen molar-refractivity contribution in [3.05, 3.63) is 75.3 Å². The van der Waals surface area contributed by atoms with Gasteiger partial charge in [-0.25, -0.2) is 0 Å². The SMILES string of the molecule is NC(=O)[C@H](Cc1ccc([N+](=O)[O-])cc1)NC(=O)[C@@H](O)c1ccc(C(F)(F)F)cc1. The minimum Gasteiger partial charge on any atom is -0.378 e. The molecule has 2 rings (SSSR count). The second-order valence-electron chi connectivity index (χ2n) is 6.11. The molecule has 0 fully saturated rings. The number of nitro benzene ring substituents is 1. The highest BCUT2D eigenvalue weighted by molar-refractivity contribution is 5.89. The summed E-state index contributed by atoms with van der Waals surface area (Å²) in [7, 11) is 0. The number of primary amides is 1. The number of rotatable bonds is 7. The van der Waals surface area contributed by atoms with Crippen molar-refractivity contribution in [3.8, 4) is 0 Å². The van der Waals surface area contributed by atoms with Crippen LogP contribution in [0.5, 0.6) is 0 Å². The highest BCUT2D eigenvalue weighted by Gasteiger charge is 2.31. The molecule has 0 bridgehead atoms. The summed E-state index contributed by atoms with van der Waals surface area (Å²) in [4.78, 5) is 33.9. The first-order chi connectivity index (χ1) is 13.5. The van der Waals surface area contributed by atoms with Crippen LogP contribution < -0.4 is 11.1 Å². The Labute approximate surface area is 162 Å². The predicted molar refractivity (Wildman–Crippen MR) is 94.3 cm³/mol. The molecular weight excluding hydrogens is 395 g/mol. The highest BCUT2D eigenvalue weighted by atomic mass is 19.4. The number of hydrogen-bond donors (Lipinski definition) is 3. The van der Waals surface area contributed by atoms with Crippen molar-refractivity contribution in [1.29, 1.82) is 0 Å². The zero-order chi connectivity index (χ0) is 21.8. The smallest absolute Gasteiger partial charge is 0.378 e. The molecule has 0 unspecified atom stereocenters. The molecule has 0 heterocycles. The van der Waals surface area contributed by atoms with Crippen LogP contribution >= 0.6 is 0 Å². The van der Waals surface area contributed by atoms with Crippen LogP contribution in [-0.4, -0.2) is 27.9 Å². The van der Waals surface area contributed by atoms with Crippen molar-refractivity contribution in [2.75, 3.05) is 0 Å². The van der Waals surface area contributed by atoms with Crippen LogP contribution in [0.2, 0.25) is 0 Å². The summed E-state index contributed by atoms with van der Waals surface area (Å²) in [6.07, 6.45) is -6.48. The van der Waals surface area contributed by atoms with E-state index in [1.165, 1.54) is 24.3 Å². The van der Waals surface area contributed by atoms with Crippen molar-refractivity contribution in [3.63, 3.8) is 0 Å². The van der Waals surface area contributed by atoms with Crippen LogP contribution in [0.1, 0.15) is 22.8 Å². The molecule has 11 heteroatoms. The zero-order valence-corrected chi connectivity index (χ0v) is 14.7. The van der Waals surface area contributed by atoms with Gasteiger partial charge in [-0.1, -0.05) is 24.3 Å². The Kier molecular flexibility index (Phi) is 6.54. The molecule has 0 spiro atoms. The van der Waals surface area contributed by atoms with E-state index in [4.69, 9.17) is 5.73 Å². The summed E-state index contributed by atoms with van der Waals surface area (Å²) in [6.45, 7) is 0. The van der Waals surface area contributed by atoms with Gasteiger partial charge in [0.1, 0.15) is 6.04 Å². The van der Waals surface area contributed by atoms with E-state index in [1.807, 2.05) is 0 Å². The molecule has 0 aliphatic heterocycles. The van der Waals surface area contributed by atoms with Gasteiger partial charge in [0.2, 0.25) is 5.91 Å². The van der Waals surface area contributed by atoms with E-state index in [0.717, 1.165) is 12.1 Å². The molecule has 2 atom stereocenters. The number of non-ortho nitro benzene ring substituents is 1. The molecule has 0 saturated carbocycles. The predicted octanol–water partition coefficient (Wildman–Crippen LogP) is 1.86. The summed E-state index contributed by atoms with van der Waals surface area (Å²) in [5.41, 5.74) is 4.50. The number of aliphatic hydroxyl groups is 1. The fourth-order valence-electron chi connectivity index (χ4n) is 2.47. The average Bonchev–Trinajstić information content (AvgIpc) is 2.66. The number of hydrogen-bond acceptors (Lipinski definition) is 5. The van der Waals surface area contributed by atoms with Gasteiger partial charge in [0.05, 0.1) is 10.5 Å². The second kappa shape index (κ2) is 8.69. The lowest BCUT2D eigenvalue weighted by Crippen LogP contribution is -2.47. The van der Waals surface area contributed by atoms with Crippen LogP contribution in [0.25, 0.3) is 0 Å². The Hall–Kier alpha value is -3.47. The van der Waals surface area contributed by atoms with Crippen LogP contribution in [0.3, 0.4) is 0 Å². The first-order valence-corrected chi connectivity index (χ1v) is 8.17. The van der Waals surface area contributed by atoms with Crippen molar-refractivity contribution < 1.29 is 32.8 Å². The molecule has 8 nitrogen and oxygen atoms in total. The summed E-state index contributed by atoms with van der Waals surface area (Å²) in [6, 6.07) is 7.28. The molecule has 2 aromatic rings. The number of aliphatic hydroxyl groups excluding tert-OH is 1. The molecule has 4 N–H and O–H groups in total. The van der Waals surface area contributed by atoms with Gasteiger partial charge in [0.25, 0.3) is 11.6 Å². The maximum Gasteiger partial charge on any atom is 0.416 e. The molecule has 0 radical (unpaired) electrons. The molecule has 29 heavy (non-hydrogen) atoms. The Bertz CT molecular complexity index is 898. The lowest BCUT2D eigenvalue weighted by atomic mass is 10.0. The number of nitrogens with one attached hydrogen (secondary N) is 1. The minimum absolute atomic E-state index is 0.0984. The molecule has 2 aromatic carbocycles. The first kappa shape index (κ1) is 21.8. The molecule has 0 aliphatic carbocycles. The number of halogens is 3. The van der Waals surface area contributed by atoms with Crippen LogP contribution in [0.15, 0.2) is 48.5 Å². The second-order valence-corrected chi connectivity index (χ2v) is 6.11. The number of carbonyl (C=O) groups excluding carboxylic acids is 2. The van der Waals surface area contributed by atoms with Gasteiger partial charge >= 0.3 is 6.18 Å². The maximum absolute atomic E-state index is 12.6. The molecule has 154 valence electrons. The number of benzene rings is 2. The average molecular weight is 411 g/mol. The van der Waals surface area contributed by atoms with Gasteiger partial charge < -0.3 is 16.2 Å². The normalized spacial score (nSPS) is 13.4. The van der Waals surface area contributed by atoms with Crippen molar-refractivity contribution >= 4 is 17.5 Å². The van der Waals surface area contributed by atoms with Crippen LogP contribution in [0.4, 0.5) is 18.9 Å². The molecule has 2 amide bonds. The van der Waals surface area contributed by atoms with Crippen LogP contribution in [-0.2, 0) is 22.2 Å². The lowest BCUT2D eigenvalue weighted by molar-refractivity contribution is -0.384. The summed E-state index contributed by atoms with van der Waals surface area (Å²) < 4.78 is 37.8. The summed E-state index contributed by atoms with van der Waals surface area (Å²) in [5, 5.41) is 22.9. The number of carbonyl (C=O) groups is 2. The third-order valence-electron chi connectivity index (χ3n) is 4.05. The Balaban J connectivity index is 2.08. The van der Waals surface area contributed by atoms with E-state index in [0.29, 0.717) is 17.7 Å². The third-order valence-corrected chi connectivity index (χ3v) is 4.05. The van der Waals surface area contributed by atoms with Gasteiger partial charge in [0.15, 0.2) is 6.10 Å². The highest BCUT2D eigenvalue weighted by Crippen LogP contribution is 2.30. The van der Waals surface area contributed by atoms with Crippen LogP contribution in [0, 0.1) is 10.1 Å². The number of nitrogens with zero attached hydrogens (tertiary/aromatic N) is 1. The van der Waals surface area contributed by atoms with Crippen molar-refractivity contribution in [2.45, 2.75) is 24.7 Å². The summed E-state index contributed by atoms with van der Waals surface area (Å²) in [5.74, 6) is -1.95. The summed E-state index contributed by atoms with van der Waals surface area (Å²) >= 11 is 0. The van der Waals surface area contributed by atoms with Gasteiger partial charge in [-0.15, -0.1) is 0 Å². The number of alkyl halides is 3. The number of amides is 2. The van der Waals surface area contributed by atoms with E-state index >= 15 is 0 Å². The van der Waals surface area contributed by atoms with E-state index in [9.17, 15) is 38.0 Å². The van der Waals surface area contributed by atoms with E-state index in [-0.39, 0.29) is 17.7 Å². The van der Waals surface area contributed by atoms with E-state index in [1.54, 1.807) is 0 Å². The Morgan fingerprint density at radius 2 is 1.66 bits per heavy atom. The Morgan fingerprint density at radius 1 is 1.10 bits per heavy atom. The Morgan fingerprint density at radius 3 is 2.10 bits per heavy atom. The fourth-order valence-corrected chi connectivity index (χ4v) is 2.47. The zero-order valence-electron chi connectivity index (χ0n) is 14.7. The van der Waals surface area contributed by atoms with Crippen molar-refractivity contribution in [2.24, 2.45) is 5.73 Å². The largest absolute Gasteiger partial charge is 0.416 e. The monoisotopic (exact) mass is 411 g/mol. The minimum atomic E-state index is -4.56. The van der Waals surface area contributed by atoms with Gasteiger partial charge in [0, 0.05) is 18.6 Å². The lowest BCUT2D eigenvalue weighted by Gasteiger charge is -2.18. The first-order valence-electron chi connectivity index (χ1n) is 8.17. The number of nitro groups is 1. The molecule has 0 aromatic heterocycles. The molecule has 0 saturated heterocycles.